The van der Waals surface area contributed by atoms with Gasteiger partial charge in [-0.1, -0.05) is 6.07 Å². The number of amides is 1. The second kappa shape index (κ2) is 7.28. The van der Waals surface area contributed by atoms with Crippen LogP contribution in [0.1, 0.15) is 11.1 Å². The predicted octanol–water partition coefficient (Wildman–Crippen LogP) is 2.87. The minimum Gasteiger partial charge on any atom is -0.456 e. The van der Waals surface area contributed by atoms with Crippen LogP contribution in [0.25, 0.3) is 6.08 Å². The van der Waals surface area contributed by atoms with E-state index in [-0.39, 0.29) is 29.3 Å². The van der Waals surface area contributed by atoms with Gasteiger partial charge in [-0.2, -0.15) is 0 Å². The van der Waals surface area contributed by atoms with Crippen molar-refractivity contribution >= 4 is 35.4 Å². The number of carbonyl (C=O) groups excluding carboxylic acids is 2. The Balaban J connectivity index is 1.38. The number of esters is 1. The van der Waals surface area contributed by atoms with Gasteiger partial charge in [-0.05, 0) is 35.4 Å². The number of aromatic nitrogens is 1. The highest BCUT2D eigenvalue weighted by molar-refractivity contribution is 8.03. The first-order chi connectivity index (χ1) is 13.5. The molecule has 1 saturated heterocycles. The van der Waals surface area contributed by atoms with Crippen molar-refractivity contribution < 1.29 is 19.2 Å². The van der Waals surface area contributed by atoms with Gasteiger partial charge in [-0.15, -0.1) is 11.8 Å². The van der Waals surface area contributed by atoms with Gasteiger partial charge in [0.25, 0.3) is 11.6 Å². The number of rotatable bonds is 5. The first-order valence-electron chi connectivity index (χ1n) is 8.26. The zero-order chi connectivity index (χ0) is 19.7. The van der Waals surface area contributed by atoms with Crippen LogP contribution in [-0.4, -0.2) is 32.1 Å². The largest absolute Gasteiger partial charge is 0.456 e. The van der Waals surface area contributed by atoms with E-state index in [4.69, 9.17) is 4.74 Å². The molecule has 1 fully saturated rings. The lowest BCUT2D eigenvalue weighted by molar-refractivity contribution is -0.384. The van der Waals surface area contributed by atoms with Crippen LogP contribution < -0.4 is 0 Å². The van der Waals surface area contributed by atoms with E-state index in [9.17, 15) is 19.7 Å². The second-order valence-corrected chi connectivity index (χ2v) is 7.01. The topological polar surface area (TPSA) is 103 Å². The molecule has 9 heteroatoms. The number of fused-ring (bicyclic) bond motifs is 1. The van der Waals surface area contributed by atoms with Gasteiger partial charge in [-0.3, -0.25) is 24.8 Å². The molecule has 0 N–H and O–H groups in total. The molecule has 28 heavy (non-hydrogen) atoms. The predicted molar refractivity (Wildman–Crippen MR) is 101 cm³/mol. The van der Waals surface area contributed by atoms with Gasteiger partial charge in [0.05, 0.1) is 10.5 Å². The number of pyridine rings is 1. The van der Waals surface area contributed by atoms with Crippen LogP contribution in [0, 0.1) is 10.1 Å². The van der Waals surface area contributed by atoms with Crippen LogP contribution in [0.4, 0.5) is 5.69 Å². The molecular formula is C19H13N3O5S. The molecule has 0 spiro atoms. The van der Waals surface area contributed by atoms with E-state index in [2.05, 4.69) is 4.98 Å². The van der Waals surface area contributed by atoms with E-state index in [1.807, 2.05) is 6.07 Å². The number of nitrogens with zero attached hydrogens (tertiary/aromatic N) is 3. The van der Waals surface area contributed by atoms with E-state index >= 15 is 0 Å². The normalized spacial score (nSPS) is 19.1. The average Bonchev–Trinajstić information content (AvgIpc) is 3.12. The number of β-lactam (4-membered cyclic amide) rings is 1. The molecule has 0 saturated carbocycles. The average molecular weight is 395 g/mol. The molecule has 2 aromatic rings. The van der Waals surface area contributed by atoms with Crippen LogP contribution in [0.15, 0.2) is 65.5 Å². The molecule has 0 bridgehead atoms. The molecule has 0 radical (unpaired) electrons. The molecule has 2 aliphatic heterocycles. The van der Waals surface area contributed by atoms with Gasteiger partial charge in [0, 0.05) is 29.9 Å². The maximum absolute atomic E-state index is 12.4. The van der Waals surface area contributed by atoms with Gasteiger partial charge in [0.15, 0.2) is 0 Å². The maximum atomic E-state index is 12.4. The molecule has 3 heterocycles. The van der Waals surface area contributed by atoms with Crippen LogP contribution in [0.2, 0.25) is 0 Å². The van der Waals surface area contributed by atoms with Gasteiger partial charge in [0.1, 0.15) is 17.7 Å². The molecule has 2 aliphatic rings. The summed E-state index contributed by atoms with van der Waals surface area (Å²) in [7, 11) is 0. The van der Waals surface area contributed by atoms with Crippen molar-refractivity contribution in [1.82, 2.24) is 9.88 Å². The molecule has 1 atom stereocenters. The fourth-order valence-corrected chi connectivity index (χ4v) is 3.95. The lowest BCUT2D eigenvalue weighted by Gasteiger charge is -2.37. The third kappa shape index (κ3) is 3.27. The van der Waals surface area contributed by atoms with E-state index in [0.717, 1.165) is 5.56 Å². The standard InChI is InChI=1S/C19H13N3O5S/c23-17-15(8-13-2-1-7-20-9-13)18-21(17)16(11-28-18)19(24)27-10-12-3-5-14(6-4-12)22(25)26/h1-9,11,18H,10H2. The van der Waals surface area contributed by atoms with Crippen molar-refractivity contribution in [3.63, 3.8) is 0 Å². The van der Waals surface area contributed by atoms with Crippen LogP contribution in [-0.2, 0) is 20.9 Å². The molecule has 1 unspecified atom stereocenters. The summed E-state index contributed by atoms with van der Waals surface area (Å²) in [5.74, 6) is -0.848. The molecule has 140 valence electrons. The lowest BCUT2D eigenvalue weighted by atomic mass is 10.0. The third-order valence-electron chi connectivity index (χ3n) is 4.27. The van der Waals surface area contributed by atoms with Crippen molar-refractivity contribution in [3.05, 3.63) is 86.7 Å². The number of thioether (sulfide) groups is 1. The van der Waals surface area contributed by atoms with Crippen molar-refractivity contribution in [1.29, 1.82) is 0 Å². The van der Waals surface area contributed by atoms with Crippen LogP contribution in [0.3, 0.4) is 0 Å². The SMILES string of the molecule is O=C(OCc1ccc([N+](=O)[O-])cc1)C1=CSC2C(=Cc3cccnc3)C(=O)N12. The van der Waals surface area contributed by atoms with E-state index in [0.29, 0.717) is 11.1 Å². The van der Waals surface area contributed by atoms with Crippen molar-refractivity contribution in [2.45, 2.75) is 12.0 Å². The van der Waals surface area contributed by atoms with Crippen LogP contribution in [0.5, 0.6) is 0 Å². The summed E-state index contributed by atoms with van der Waals surface area (Å²) in [6.07, 6.45) is 5.08. The highest BCUT2D eigenvalue weighted by Crippen LogP contribution is 2.45. The van der Waals surface area contributed by atoms with Gasteiger partial charge in [-0.25, -0.2) is 4.79 Å². The molecule has 1 aromatic heterocycles. The Hall–Kier alpha value is -3.46. The van der Waals surface area contributed by atoms with Crippen molar-refractivity contribution in [2.24, 2.45) is 0 Å². The Labute approximate surface area is 163 Å². The number of nitro groups is 1. The number of benzene rings is 1. The Morgan fingerprint density at radius 2 is 2.11 bits per heavy atom. The highest BCUT2D eigenvalue weighted by Gasteiger charge is 2.49. The Morgan fingerprint density at radius 3 is 2.79 bits per heavy atom. The Bertz CT molecular complexity index is 1020. The summed E-state index contributed by atoms with van der Waals surface area (Å²) < 4.78 is 5.25. The fourth-order valence-electron chi connectivity index (χ4n) is 2.84. The molecule has 4 rings (SSSR count). The zero-order valence-corrected chi connectivity index (χ0v) is 15.2. The first kappa shape index (κ1) is 17.9. The summed E-state index contributed by atoms with van der Waals surface area (Å²) in [6, 6.07) is 9.37. The number of ether oxygens (including phenoxy) is 1. The highest BCUT2D eigenvalue weighted by atomic mass is 32.2. The van der Waals surface area contributed by atoms with Gasteiger partial charge >= 0.3 is 5.97 Å². The van der Waals surface area contributed by atoms with Crippen molar-refractivity contribution in [2.75, 3.05) is 0 Å². The van der Waals surface area contributed by atoms with E-state index in [1.165, 1.54) is 40.9 Å². The number of hydrogen-bond donors (Lipinski definition) is 0. The lowest BCUT2D eigenvalue weighted by Crippen LogP contribution is -2.51. The van der Waals surface area contributed by atoms with Gasteiger partial charge < -0.3 is 4.74 Å². The molecular weight excluding hydrogens is 382 g/mol. The van der Waals surface area contributed by atoms with E-state index in [1.54, 1.807) is 29.9 Å². The Morgan fingerprint density at radius 1 is 1.32 bits per heavy atom. The number of carbonyl (C=O) groups is 2. The zero-order valence-electron chi connectivity index (χ0n) is 14.3. The summed E-state index contributed by atoms with van der Waals surface area (Å²) in [5, 5.41) is 12.0. The quantitative estimate of drug-likeness (QED) is 0.252. The number of nitro benzene ring substituents is 1. The molecule has 1 aromatic carbocycles. The van der Waals surface area contributed by atoms with Gasteiger partial charge in [0.2, 0.25) is 0 Å². The summed E-state index contributed by atoms with van der Waals surface area (Å²) in [4.78, 5) is 40.4. The monoisotopic (exact) mass is 395 g/mol. The van der Waals surface area contributed by atoms with Crippen molar-refractivity contribution in [3.8, 4) is 0 Å². The minimum absolute atomic E-state index is 0.0353. The molecule has 8 nitrogen and oxygen atoms in total. The number of non-ortho nitro benzene ring substituents is 1. The smallest absolute Gasteiger partial charge is 0.355 e. The number of hydrogen-bond acceptors (Lipinski definition) is 7. The van der Waals surface area contributed by atoms with E-state index < -0.39 is 10.9 Å². The first-order valence-corrected chi connectivity index (χ1v) is 9.20. The summed E-state index contributed by atoms with van der Waals surface area (Å²) in [6.45, 7) is -0.0378. The molecule has 1 amide bonds. The maximum Gasteiger partial charge on any atom is 0.355 e. The molecule has 0 aliphatic carbocycles. The fraction of sp³-hybridized carbons (Fsp3) is 0.105. The minimum atomic E-state index is -0.609. The summed E-state index contributed by atoms with van der Waals surface area (Å²) >= 11 is 1.37. The van der Waals surface area contributed by atoms with Crippen LogP contribution >= 0.6 is 11.8 Å². The third-order valence-corrected chi connectivity index (χ3v) is 5.35. The summed E-state index contributed by atoms with van der Waals surface area (Å²) in [5.41, 5.74) is 2.21. The Kier molecular flexibility index (Phi) is 4.66. The second-order valence-electron chi connectivity index (χ2n) is 6.05.